The Morgan fingerprint density at radius 3 is 2.66 bits per heavy atom. The van der Waals surface area contributed by atoms with Crippen LogP contribution >= 0.6 is 27.7 Å². The lowest BCUT2D eigenvalue weighted by Gasteiger charge is -2.38. The third-order valence-electron chi connectivity index (χ3n) is 6.12. The van der Waals surface area contributed by atoms with E-state index in [0.29, 0.717) is 17.5 Å². The van der Waals surface area contributed by atoms with Gasteiger partial charge in [-0.3, -0.25) is 4.79 Å². The van der Waals surface area contributed by atoms with Crippen molar-refractivity contribution in [2.45, 2.75) is 50.6 Å². The molecule has 2 heterocycles. The fourth-order valence-electron chi connectivity index (χ4n) is 4.52. The third-order valence-corrected chi connectivity index (χ3v) is 7.53. The molecule has 0 radical (unpaired) electrons. The van der Waals surface area contributed by atoms with Gasteiger partial charge in [-0.1, -0.05) is 77.9 Å². The van der Waals surface area contributed by atoms with E-state index in [1.807, 2.05) is 16.8 Å². The van der Waals surface area contributed by atoms with Gasteiger partial charge in [0.2, 0.25) is 11.1 Å². The van der Waals surface area contributed by atoms with Gasteiger partial charge in [0, 0.05) is 27.9 Å². The smallest absolute Gasteiger partial charge is 0.227 e. The molecule has 0 saturated carbocycles. The highest BCUT2D eigenvalue weighted by Gasteiger charge is 2.41. The van der Waals surface area contributed by atoms with Crippen molar-refractivity contribution in [2.24, 2.45) is 5.41 Å². The van der Waals surface area contributed by atoms with E-state index >= 15 is 0 Å². The second kappa shape index (κ2) is 8.19. The first-order valence-electron chi connectivity index (χ1n) is 10.7. The Morgan fingerprint density at radius 1 is 1.16 bits per heavy atom. The van der Waals surface area contributed by atoms with Crippen molar-refractivity contribution in [1.29, 1.82) is 0 Å². The van der Waals surface area contributed by atoms with E-state index in [4.69, 9.17) is 10.1 Å². The first kappa shape index (κ1) is 21.5. The molecule has 1 aliphatic heterocycles. The van der Waals surface area contributed by atoms with E-state index in [2.05, 4.69) is 78.4 Å². The molecule has 0 amide bonds. The predicted octanol–water partition coefficient (Wildman–Crippen LogP) is 6.30. The van der Waals surface area contributed by atoms with E-state index < -0.39 is 0 Å². The fraction of sp³-hybridized carbons (Fsp3) is 0.320. The number of carbonyl (C=O) groups excluding carboxylic acids is 1. The second-order valence-electron chi connectivity index (χ2n) is 9.29. The highest BCUT2D eigenvalue weighted by molar-refractivity contribution is 9.10. The Hall–Kier alpha value is -2.38. The number of hydrogen-bond acceptors (Lipinski definition) is 5. The number of aryl methyl sites for hydroxylation is 1. The number of nitrogens with zero attached hydrogens (tertiary/aromatic N) is 3. The standard InChI is InChI=1S/C25H25BrN4OS/c1-15-6-4-5-7-17(15)14-32-24-28-23-27-19-12-25(2,3)13-20(31)21(19)22(30(23)29-24)16-8-10-18(26)11-9-16/h4-11,22H,12-14H2,1-3H3,(H,27,28,29)/t22-/m1/s1. The Labute approximate surface area is 200 Å². The van der Waals surface area contributed by atoms with Crippen LogP contribution in [-0.2, 0) is 10.5 Å². The summed E-state index contributed by atoms with van der Waals surface area (Å²) in [6.45, 7) is 6.42. The summed E-state index contributed by atoms with van der Waals surface area (Å²) in [6.07, 6.45) is 1.36. The molecule has 0 saturated heterocycles. The van der Waals surface area contributed by atoms with Gasteiger partial charge >= 0.3 is 0 Å². The average Bonchev–Trinajstić information content (AvgIpc) is 3.14. The summed E-state index contributed by atoms with van der Waals surface area (Å²) >= 11 is 5.14. The molecule has 5 rings (SSSR count). The molecule has 2 aliphatic rings. The van der Waals surface area contributed by atoms with Crippen molar-refractivity contribution in [3.05, 3.63) is 81.0 Å². The summed E-state index contributed by atoms with van der Waals surface area (Å²) in [6, 6.07) is 16.3. The van der Waals surface area contributed by atoms with Gasteiger partial charge in [0.05, 0.1) is 0 Å². The zero-order valence-electron chi connectivity index (χ0n) is 18.4. The minimum atomic E-state index is -0.265. The minimum absolute atomic E-state index is 0.0716. The topological polar surface area (TPSA) is 59.8 Å². The SMILES string of the molecule is Cc1ccccc1CSc1nc2n(n1)[C@H](c1ccc(Br)cc1)C1=C(CC(C)(C)CC1=O)N2. The number of allylic oxidation sites excluding steroid dienone is 2. The lowest BCUT2D eigenvalue weighted by molar-refractivity contribution is -0.118. The van der Waals surface area contributed by atoms with Crippen LogP contribution in [0.3, 0.4) is 0 Å². The van der Waals surface area contributed by atoms with Gasteiger partial charge in [-0.25, -0.2) is 4.68 Å². The number of anilines is 1. The molecule has 0 spiro atoms. The summed E-state index contributed by atoms with van der Waals surface area (Å²) in [5.41, 5.74) is 5.31. The van der Waals surface area contributed by atoms with Gasteiger partial charge in [0.25, 0.3) is 0 Å². The zero-order valence-corrected chi connectivity index (χ0v) is 20.8. The van der Waals surface area contributed by atoms with Crippen LogP contribution in [0.5, 0.6) is 0 Å². The molecular weight excluding hydrogens is 484 g/mol. The molecule has 2 aromatic carbocycles. The van der Waals surface area contributed by atoms with E-state index in [9.17, 15) is 4.79 Å². The molecule has 1 N–H and O–H groups in total. The van der Waals surface area contributed by atoms with Crippen LogP contribution in [0.4, 0.5) is 5.95 Å². The molecule has 0 fully saturated rings. The zero-order chi connectivity index (χ0) is 22.5. The average molecular weight is 509 g/mol. The predicted molar refractivity (Wildman–Crippen MR) is 132 cm³/mol. The normalized spacial score (nSPS) is 19.4. The number of hydrogen-bond donors (Lipinski definition) is 1. The number of fused-ring (bicyclic) bond motifs is 1. The molecule has 1 aromatic heterocycles. The van der Waals surface area contributed by atoms with Crippen molar-refractivity contribution < 1.29 is 4.79 Å². The largest absolute Gasteiger partial charge is 0.328 e. The maximum atomic E-state index is 13.3. The van der Waals surface area contributed by atoms with E-state index in [0.717, 1.165) is 33.5 Å². The van der Waals surface area contributed by atoms with Crippen molar-refractivity contribution in [1.82, 2.24) is 14.8 Å². The molecule has 0 bridgehead atoms. The van der Waals surface area contributed by atoms with Crippen LogP contribution in [-0.4, -0.2) is 20.5 Å². The number of rotatable bonds is 4. The van der Waals surface area contributed by atoms with Crippen molar-refractivity contribution in [3.8, 4) is 0 Å². The monoisotopic (exact) mass is 508 g/mol. The summed E-state index contributed by atoms with van der Waals surface area (Å²) in [7, 11) is 0. The third kappa shape index (κ3) is 4.04. The minimum Gasteiger partial charge on any atom is -0.328 e. The number of thioether (sulfide) groups is 1. The van der Waals surface area contributed by atoms with Crippen molar-refractivity contribution >= 4 is 39.4 Å². The Morgan fingerprint density at radius 2 is 1.91 bits per heavy atom. The van der Waals surface area contributed by atoms with Gasteiger partial charge in [0.15, 0.2) is 5.78 Å². The second-order valence-corrected chi connectivity index (χ2v) is 11.1. The number of halogens is 1. The maximum absolute atomic E-state index is 13.3. The number of carbonyl (C=O) groups is 1. The van der Waals surface area contributed by atoms with Crippen LogP contribution < -0.4 is 5.32 Å². The quantitative estimate of drug-likeness (QED) is 0.419. The fourth-order valence-corrected chi connectivity index (χ4v) is 5.69. The molecule has 5 nitrogen and oxygen atoms in total. The van der Waals surface area contributed by atoms with Crippen LogP contribution in [0, 0.1) is 12.3 Å². The molecule has 7 heteroatoms. The molecular formula is C25H25BrN4OS. The lowest BCUT2D eigenvalue weighted by Crippen LogP contribution is -2.36. The molecule has 1 atom stereocenters. The highest BCUT2D eigenvalue weighted by atomic mass is 79.9. The van der Waals surface area contributed by atoms with Crippen molar-refractivity contribution in [3.63, 3.8) is 0 Å². The summed E-state index contributed by atoms with van der Waals surface area (Å²) in [5.74, 6) is 1.69. The number of aromatic nitrogens is 3. The molecule has 0 unspecified atom stereocenters. The van der Waals surface area contributed by atoms with Crippen LogP contribution in [0.25, 0.3) is 0 Å². The maximum Gasteiger partial charge on any atom is 0.227 e. The Bertz CT molecular complexity index is 1230. The van der Waals surface area contributed by atoms with Crippen LogP contribution in [0.2, 0.25) is 0 Å². The molecule has 1 aliphatic carbocycles. The van der Waals surface area contributed by atoms with Gasteiger partial charge in [0.1, 0.15) is 6.04 Å². The lowest BCUT2D eigenvalue weighted by atomic mass is 9.73. The summed E-state index contributed by atoms with van der Waals surface area (Å²) in [5, 5.41) is 9.01. The number of ketones is 1. The van der Waals surface area contributed by atoms with Gasteiger partial charge in [-0.15, -0.1) is 5.10 Å². The van der Waals surface area contributed by atoms with E-state index in [1.54, 1.807) is 11.8 Å². The number of Topliss-reactive ketones (excluding diaryl/α,β-unsaturated/α-hetero) is 1. The highest BCUT2D eigenvalue weighted by Crippen LogP contribution is 2.45. The Kier molecular flexibility index (Phi) is 5.50. The summed E-state index contributed by atoms with van der Waals surface area (Å²) < 4.78 is 2.90. The van der Waals surface area contributed by atoms with Crippen LogP contribution in [0.15, 0.2) is 69.4 Å². The number of benzene rings is 2. The molecule has 164 valence electrons. The van der Waals surface area contributed by atoms with E-state index in [1.165, 1.54) is 11.1 Å². The summed E-state index contributed by atoms with van der Waals surface area (Å²) in [4.78, 5) is 18.1. The Balaban J connectivity index is 1.53. The molecule has 32 heavy (non-hydrogen) atoms. The van der Waals surface area contributed by atoms with Gasteiger partial charge in [-0.2, -0.15) is 4.98 Å². The molecule has 3 aromatic rings. The van der Waals surface area contributed by atoms with Gasteiger partial charge in [-0.05, 0) is 47.6 Å². The van der Waals surface area contributed by atoms with E-state index in [-0.39, 0.29) is 17.2 Å². The van der Waals surface area contributed by atoms with Gasteiger partial charge < -0.3 is 5.32 Å². The van der Waals surface area contributed by atoms with Crippen molar-refractivity contribution in [2.75, 3.05) is 5.32 Å². The first-order chi connectivity index (χ1) is 15.3. The first-order valence-corrected chi connectivity index (χ1v) is 12.5. The number of nitrogens with one attached hydrogen (secondary N) is 1. The van der Waals surface area contributed by atoms with Crippen LogP contribution in [0.1, 0.15) is 49.4 Å².